The van der Waals surface area contributed by atoms with Gasteiger partial charge in [0.05, 0.1) is 0 Å². The van der Waals surface area contributed by atoms with E-state index in [0.717, 1.165) is 0 Å². The van der Waals surface area contributed by atoms with Gasteiger partial charge in [-0.05, 0) is 0 Å². The molecule has 0 saturated heterocycles. The molecule has 0 aliphatic heterocycles. The predicted octanol–water partition coefficient (Wildman–Crippen LogP) is -11.9. The van der Waals surface area contributed by atoms with Gasteiger partial charge in [-0.2, -0.15) is 0 Å². The van der Waals surface area contributed by atoms with Gasteiger partial charge in [0.2, 0.25) is 0 Å². The molecule has 40 valence electrons. The monoisotopic (exact) mass is 182 g/mol. The third-order valence-electron chi connectivity index (χ3n) is 0. The van der Waals surface area contributed by atoms with Crippen molar-refractivity contribution in [1.29, 1.82) is 0 Å². The summed E-state index contributed by atoms with van der Waals surface area (Å²) >= 11 is 0. The van der Waals surface area contributed by atoms with Crippen LogP contribution in [0, 0.1) is 0 Å². The SMILES string of the molecule is [F-].[Mg+2].[Mg+2].[Na+].[O-][Si]([O-])([O-])[O-]. The molecule has 0 aliphatic carbocycles. The van der Waals surface area contributed by atoms with Crippen LogP contribution < -0.4 is 53.4 Å². The maximum absolute atomic E-state index is 8.58. The van der Waals surface area contributed by atoms with E-state index in [4.69, 9.17) is 19.2 Å². The Morgan fingerprint density at radius 2 is 0.778 bits per heavy atom. The first-order valence-corrected chi connectivity index (χ1v) is 2.45. The van der Waals surface area contributed by atoms with E-state index in [1.165, 1.54) is 0 Å². The van der Waals surface area contributed by atoms with Crippen LogP contribution in [0.3, 0.4) is 0 Å². The maximum Gasteiger partial charge on any atom is 2.00 e. The molecule has 0 aromatic carbocycles. The summed E-state index contributed by atoms with van der Waals surface area (Å²) in [6, 6.07) is 0. The molecular formula is FMg2NaO4Si. The van der Waals surface area contributed by atoms with Crippen molar-refractivity contribution in [3.8, 4) is 0 Å². The topological polar surface area (TPSA) is 92.2 Å². The molecule has 4 nitrogen and oxygen atoms in total. The first-order valence-electron chi connectivity index (χ1n) is 0.816. The third-order valence-corrected chi connectivity index (χ3v) is 0. The van der Waals surface area contributed by atoms with Crippen molar-refractivity contribution in [3.63, 3.8) is 0 Å². The van der Waals surface area contributed by atoms with E-state index in [9.17, 15) is 0 Å². The molecule has 0 aliphatic rings. The minimum absolute atomic E-state index is 0. The summed E-state index contributed by atoms with van der Waals surface area (Å²) < 4.78 is 0. The molecule has 0 aromatic rings. The first kappa shape index (κ1) is 30.0. The summed E-state index contributed by atoms with van der Waals surface area (Å²) in [6.45, 7) is 0. The second-order valence-electron chi connectivity index (χ2n) is 0.500. The molecule has 0 bridgehead atoms. The molecule has 0 fully saturated rings. The Kier molecular flexibility index (Phi) is 43.8. The van der Waals surface area contributed by atoms with Gasteiger partial charge in [0.1, 0.15) is 0 Å². The van der Waals surface area contributed by atoms with Crippen LogP contribution in [0.5, 0.6) is 0 Å². The number of rotatable bonds is 0. The summed E-state index contributed by atoms with van der Waals surface area (Å²) in [5.74, 6) is 0. The van der Waals surface area contributed by atoms with E-state index in [1.54, 1.807) is 0 Å². The minimum Gasteiger partial charge on any atom is -1.00 e. The van der Waals surface area contributed by atoms with E-state index >= 15 is 0 Å². The van der Waals surface area contributed by atoms with Crippen LogP contribution in [-0.4, -0.2) is 55.2 Å². The fourth-order valence-electron chi connectivity index (χ4n) is 0. The van der Waals surface area contributed by atoms with Crippen LogP contribution in [0.4, 0.5) is 0 Å². The maximum atomic E-state index is 8.58. The van der Waals surface area contributed by atoms with Crippen LogP contribution in [0.1, 0.15) is 0 Å². The smallest absolute Gasteiger partial charge is 1.00 e. The quantitative estimate of drug-likeness (QED) is 0.348. The summed E-state index contributed by atoms with van der Waals surface area (Å²) in [5, 5.41) is 0. The van der Waals surface area contributed by atoms with Crippen LogP contribution in [-0.2, 0) is 0 Å². The Morgan fingerprint density at radius 1 is 0.778 bits per heavy atom. The Balaban J connectivity index is -0.0000000133. The molecular weight excluding hydrogens is 183 g/mol. The van der Waals surface area contributed by atoms with Gasteiger partial charge >= 0.3 is 75.7 Å². The Labute approximate surface area is 107 Å². The molecule has 0 heterocycles. The molecule has 9 heavy (non-hydrogen) atoms. The first-order chi connectivity index (χ1) is 2.00. The van der Waals surface area contributed by atoms with Crippen LogP contribution in [0.2, 0.25) is 0 Å². The zero-order chi connectivity index (χ0) is 4.50. The molecule has 0 atom stereocenters. The van der Waals surface area contributed by atoms with Gasteiger partial charge in [0, 0.05) is 0 Å². The van der Waals surface area contributed by atoms with Gasteiger partial charge in [-0.15, -0.1) is 0 Å². The standard InChI is InChI=1S/FH.2Mg.Na.O4Si/c;;;;1-5(2,3)4/h1H;;;;/q;2*+2;+1;-4/p-1. The predicted molar refractivity (Wildman–Crippen MR) is 17.3 cm³/mol. The molecule has 0 N–H and O–H groups in total. The fraction of sp³-hybridized carbons (Fsp3) is 0. The van der Waals surface area contributed by atoms with Crippen molar-refractivity contribution < 1.29 is 53.4 Å². The van der Waals surface area contributed by atoms with Crippen molar-refractivity contribution in [2.45, 2.75) is 0 Å². The molecule has 0 rings (SSSR count). The average molecular weight is 183 g/mol. The third kappa shape index (κ3) is 120. The second-order valence-corrected chi connectivity index (χ2v) is 1.50. The van der Waals surface area contributed by atoms with Crippen LogP contribution in [0.15, 0.2) is 0 Å². The van der Waals surface area contributed by atoms with Gasteiger partial charge in [-0.1, -0.05) is 0 Å². The summed E-state index contributed by atoms with van der Waals surface area (Å²) in [6.07, 6.45) is 0. The van der Waals surface area contributed by atoms with Gasteiger partial charge in [-0.3, -0.25) is 0 Å². The molecule has 0 amide bonds. The summed E-state index contributed by atoms with van der Waals surface area (Å²) in [5.41, 5.74) is 0. The molecule has 0 spiro atoms. The van der Waals surface area contributed by atoms with Crippen molar-refractivity contribution in [1.82, 2.24) is 0 Å². The normalized spacial score (nSPS) is 6.67. The Morgan fingerprint density at radius 3 is 0.778 bits per heavy atom. The minimum atomic E-state index is -5.61. The Bertz CT molecular complexity index is 34.0. The molecule has 0 unspecified atom stereocenters. The molecule has 0 radical (unpaired) electrons. The number of hydrogen-bond donors (Lipinski definition) is 0. The molecule has 0 saturated carbocycles. The molecule has 0 aromatic heterocycles. The Hall–Kier alpha value is 2.52. The van der Waals surface area contributed by atoms with E-state index in [1.807, 2.05) is 0 Å². The number of halogens is 1. The second kappa shape index (κ2) is 13.1. The van der Waals surface area contributed by atoms with Crippen molar-refractivity contribution in [2.24, 2.45) is 0 Å². The zero-order valence-electron chi connectivity index (χ0n) is 4.93. The zero-order valence-corrected chi connectivity index (χ0v) is 10.8. The van der Waals surface area contributed by atoms with E-state index < -0.39 is 9.05 Å². The van der Waals surface area contributed by atoms with Crippen molar-refractivity contribution >= 4 is 55.2 Å². The summed E-state index contributed by atoms with van der Waals surface area (Å²) in [7, 11) is -5.61. The van der Waals surface area contributed by atoms with Crippen LogP contribution in [0.25, 0.3) is 0 Å². The molecule has 9 heteroatoms. The fourth-order valence-corrected chi connectivity index (χ4v) is 0. The average Bonchev–Trinajstić information content (AvgIpc) is 0.722. The van der Waals surface area contributed by atoms with Crippen molar-refractivity contribution in [2.75, 3.05) is 0 Å². The van der Waals surface area contributed by atoms with Gasteiger partial charge < -0.3 is 32.9 Å². The van der Waals surface area contributed by atoms with Gasteiger partial charge in [0.15, 0.2) is 0 Å². The van der Waals surface area contributed by atoms with Crippen LogP contribution >= 0.6 is 0 Å². The van der Waals surface area contributed by atoms with E-state index in [-0.39, 0.29) is 80.4 Å². The van der Waals surface area contributed by atoms with Gasteiger partial charge in [-0.25, -0.2) is 0 Å². The van der Waals surface area contributed by atoms with Crippen molar-refractivity contribution in [3.05, 3.63) is 0 Å². The van der Waals surface area contributed by atoms with E-state index in [0.29, 0.717) is 0 Å². The van der Waals surface area contributed by atoms with Gasteiger partial charge in [0.25, 0.3) is 0 Å². The number of hydrogen-bond acceptors (Lipinski definition) is 4. The van der Waals surface area contributed by atoms with E-state index in [2.05, 4.69) is 0 Å². The summed E-state index contributed by atoms with van der Waals surface area (Å²) in [4.78, 5) is 34.3. The largest absolute Gasteiger partial charge is 2.00 e.